The average Bonchev–Trinajstić information content (AvgIpc) is 2.53. The van der Waals surface area contributed by atoms with E-state index < -0.39 is 0 Å². The lowest BCUT2D eigenvalue weighted by molar-refractivity contribution is 1.05. The minimum absolute atomic E-state index is 0.379. The van der Waals surface area contributed by atoms with Crippen LogP contribution in [0.3, 0.4) is 0 Å². The number of hydrogen-bond donors (Lipinski definition) is 0. The molecule has 4 heteroatoms. The smallest absolute Gasteiger partial charge is 0.229 e. The Balaban J connectivity index is 2.47. The molecule has 3 nitrogen and oxygen atoms in total. The van der Waals surface area contributed by atoms with Crippen LogP contribution < -0.4 is 0 Å². The first kappa shape index (κ1) is 8.26. The van der Waals surface area contributed by atoms with Gasteiger partial charge >= 0.3 is 0 Å². The molecule has 1 aromatic heterocycles. The summed E-state index contributed by atoms with van der Waals surface area (Å²) in [4.78, 5) is 0. The van der Waals surface area contributed by atoms with E-state index in [0.29, 0.717) is 5.28 Å². The zero-order valence-corrected chi connectivity index (χ0v) is 7.86. The molecule has 2 rings (SSSR count). The number of benzene rings is 1. The lowest BCUT2D eigenvalue weighted by Crippen LogP contribution is -1.91. The zero-order chi connectivity index (χ0) is 9.26. The molecular formula is C9H8ClN3. The molecule has 66 valence electrons. The van der Waals surface area contributed by atoms with Gasteiger partial charge in [0, 0.05) is 5.69 Å². The molecule has 0 spiro atoms. The Morgan fingerprint density at radius 2 is 1.92 bits per heavy atom. The molecule has 13 heavy (non-hydrogen) atoms. The van der Waals surface area contributed by atoms with E-state index in [1.165, 1.54) is 5.56 Å². The number of aromatic nitrogens is 3. The van der Waals surface area contributed by atoms with E-state index in [2.05, 4.69) is 10.2 Å². The molecule has 0 unspecified atom stereocenters. The molecule has 0 N–H and O–H groups in total. The molecule has 0 amide bonds. The van der Waals surface area contributed by atoms with Crippen molar-refractivity contribution >= 4 is 11.6 Å². The Labute approximate surface area is 81.0 Å². The Kier molecular flexibility index (Phi) is 2.02. The number of hydrogen-bond acceptors (Lipinski definition) is 2. The van der Waals surface area contributed by atoms with Gasteiger partial charge in [-0.25, -0.2) is 0 Å². The van der Waals surface area contributed by atoms with E-state index >= 15 is 0 Å². The van der Waals surface area contributed by atoms with Gasteiger partial charge in [-0.15, -0.1) is 10.2 Å². The first-order valence-electron chi connectivity index (χ1n) is 3.90. The fourth-order valence-electron chi connectivity index (χ4n) is 1.10. The van der Waals surface area contributed by atoms with E-state index in [1.807, 2.05) is 31.2 Å². The lowest BCUT2D eigenvalue weighted by Gasteiger charge is -2.01. The van der Waals surface area contributed by atoms with E-state index in [0.717, 1.165) is 5.69 Å². The van der Waals surface area contributed by atoms with E-state index in [1.54, 1.807) is 10.9 Å². The second-order valence-electron chi connectivity index (χ2n) is 2.81. The summed E-state index contributed by atoms with van der Waals surface area (Å²) in [6.45, 7) is 2.04. The number of aryl methyl sites for hydroxylation is 1. The predicted molar refractivity (Wildman–Crippen MR) is 51.1 cm³/mol. The highest BCUT2D eigenvalue weighted by Crippen LogP contribution is 2.13. The summed E-state index contributed by atoms with van der Waals surface area (Å²) in [5, 5.41) is 7.77. The minimum atomic E-state index is 0.379. The van der Waals surface area contributed by atoms with Crippen molar-refractivity contribution in [1.29, 1.82) is 0 Å². The molecule has 0 atom stereocenters. The summed E-state index contributed by atoms with van der Waals surface area (Å²) < 4.78 is 1.72. The van der Waals surface area contributed by atoms with Crippen molar-refractivity contribution in [2.45, 2.75) is 6.92 Å². The van der Waals surface area contributed by atoms with Crippen LogP contribution in [0.15, 0.2) is 30.6 Å². The van der Waals surface area contributed by atoms with Crippen molar-refractivity contribution in [2.75, 3.05) is 0 Å². The molecule has 1 heterocycles. The van der Waals surface area contributed by atoms with Gasteiger partial charge in [0.2, 0.25) is 5.28 Å². The Morgan fingerprint density at radius 1 is 1.23 bits per heavy atom. The van der Waals surface area contributed by atoms with Gasteiger partial charge in [0.1, 0.15) is 6.33 Å². The fraction of sp³-hybridized carbons (Fsp3) is 0.111. The zero-order valence-electron chi connectivity index (χ0n) is 7.11. The van der Waals surface area contributed by atoms with Gasteiger partial charge in [-0.3, -0.25) is 4.57 Å². The summed E-state index contributed by atoms with van der Waals surface area (Å²) in [7, 11) is 0. The van der Waals surface area contributed by atoms with Crippen molar-refractivity contribution in [2.24, 2.45) is 0 Å². The molecular weight excluding hydrogens is 186 g/mol. The van der Waals surface area contributed by atoms with E-state index in [4.69, 9.17) is 11.6 Å². The van der Waals surface area contributed by atoms with Crippen molar-refractivity contribution in [3.8, 4) is 5.69 Å². The molecule has 0 saturated heterocycles. The summed E-state index contributed by atoms with van der Waals surface area (Å²) >= 11 is 5.80. The van der Waals surface area contributed by atoms with Crippen LogP contribution in [0.1, 0.15) is 5.56 Å². The van der Waals surface area contributed by atoms with Gasteiger partial charge in [-0.1, -0.05) is 17.7 Å². The summed E-state index contributed by atoms with van der Waals surface area (Å²) in [6.07, 6.45) is 1.59. The van der Waals surface area contributed by atoms with Crippen LogP contribution >= 0.6 is 11.6 Å². The summed E-state index contributed by atoms with van der Waals surface area (Å²) in [5.74, 6) is 0. The second kappa shape index (κ2) is 3.18. The normalized spacial score (nSPS) is 10.3. The highest BCUT2D eigenvalue weighted by Gasteiger charge is 2.01. The maximum atomic E-state index is 5.80. The molecule has 0 aliphatic heterocycles. The van der Waals surface area contributed by atoms with Gasteiger partial charge in [0.05, 0.1) is 0 Å². The minimum Gasteiger partial charge on any atom is -0.272 e. The van der Waals surface area contributed by atoms with Crippen molar-refractivity contribution in [1.82, 2.24) is 14.8 Å². The molecule has 0 radical (unpaired) electrons. The van der Waals surface area contributed by atoms with Crippen LogP contribution in [-0.2, 0) is 0 Å². The van der Waals surface area contributed by atoms with Crippen LogP contribution in [0.25, 0.3) is 5.69 Å². The number of nitrogens with zero attached hydrogens (tertiary/aromatic N) is 3. The third kappa shape index (κ3) is 1.55. The number of halogens is 1. The van der Waals surface area contributed by atoms with Crippen LogP contribution in [0, 0.1) is 6.92 Å². The van der Waals surface area contributed by atoms with Gasteiger partial charge in [-0.2, -0.15) is 0 Å². The standard InChI is InChI=1S/C9H8ClN3/c1-7-2-4-8(5-3-7)13-6-11-12-9(13)10/h2-6H,1H3. The topological polar surface area (TPSA) is 30.7 Å². The van der Waals surface area contributed by atoms with Crippen molar-refractivity contribution < 1.29 is 0 Å². The lowest BCUT2D eigenvalue weighted by atomic mass is 10.2. The number of rotatable bonds is 1. The Morgan fingerprint density at radius 3 is 2.46 bits per heavy atom. The predicted octanol–water partition coefficient (Wildman–Crippen LogP) is 2.23. The van der Waals surface area contributed by atoms with Gasteiger partial charge in [0.25, 0.3) is 0 Å². The first-order chi connectivity index (χ1) is 6.27. The maximum absolute atomic E-state index is 5.80. The molecule has 0 fully saturated rings. The van der Waals surface area contributed by atoms with Crippen LogP contribution in [0.4, 0.5) is 0 Å². The monoisotopic (exact) mass is 193 g/mol. The molecule has 0 aliphatic carbocycles. The quantitative estimate of drug-likeness (QED) is 0.696. The molecule has 0 bridgehead atoms. The van der Waals surface area contributed by atoms with E-state index in [-0.39, 0.29) is 0 Å². The fourth-order valence-corrected chi connectivity index (χ4v) is 1.28. The van der Waals surface area contributed by atoms with E-state index in [9.17, 15) is 0 Å². The highest BCUT2D eigenvalue weighted by molar-refractivity contribution is 6.28. The first-order valence-corrected chi connectivity index (χ1v) is 4.28. The third-order valence-corrected chi connectivity index (χ3v) is 2.08. The van der Waals surface area contributed by atoms with Gasteiger partial charge < -0.3 is 0 Å². The van der Waals surface area contributed by atoms with Crippen molar-refractivity contribution in [3.63, 3.8) is 0 Å². The second-order valence-corrected chi connectivity index (χ2v) is 3.14. The molecule has 0 saturated carbocycles. The molecule has 1 aromatic carbocycles. The SMILES string of the molecule is Cc1ccc(-n2cnnc2Cl)cc1. The van der Waals surface area contributed by atoms with Crippen LogP contribution in [0.5, 0.6) is 0 Å². The third-order valence-electron chi connectivity index (χ3n) is 1.82. The highest BCUT2D eigenvalue weighted by atomic mass is 35.5. The van der Waals surface area contributed by atoms with Gasteiger partial charge in [-0.05, 0) is 30.7 Å². The maximum Gasteiger partial charge on any atom is 0.229 e. The molecule has 0 aliphatic rings. The average molecular weight is 194 g/mol. The Bertz CT molecular complexity index is 405. The van der Waals surface area contributed by atoms with Gasteiger partial charge in [0.15, 0.2) is 0 Å². The van der Waals surface area contributed by atoms with Crippen LogP contribution in [-0.4, -0.2) is 14.8 Å². The Hall–Kier alpha value is -1.35. The van der Waals surface area contributed by atoms with Crippen LogP contribution in [0.2, 0.25) is 5.28 Å². The van der Waals surface area contributed by atoms with Crippen molar-refractivity contribution in [3.05, 3.63) is 41.4 Å². The molecule has 2 aromatic rings. The summed E-state index contributed by atoms with van der Waals surface area (Å²) in [6, 6.07) is 7.99. The summed E-state index contributed by atoms with van der Waals surface area (Å²) in [5.41, 5.74) is 2.19. The largest absolute Gasteiger partial charge is 0.272 e.